The Labute approximate surface area is 128 Å². The van der Waals surface area contributed by atoms with Crippen LogP contribution in [0.2, 0.25) is 0 Å². The summed E-state index contributed by atoms with van der Waals surface area (Å²) < 4.78 is 0. The van der Waals surface area contributed by atoms with Crippen LogP contribution in [0.25, 0.3) is 0 Å². The third kappa shape index (κ3) is 3.01. The number of hydrogen-bond acceptors (Lipinski definition) is 3. The van der Waals surface area contributed by atoms with Gasteiger partial charge in [-0.05, 0) is 63.6 Å². The summed E-state index contributed by atoms with van der Waals surface area (Å²) in [5.74, 6) is 7.31. The Hall–Kier alpha value is -0.900. The number of rotatable bonds is 5. The molecule has 21 heavy (non-hydrogen) atoms. The number of benzene rings is 1. The van der Waals surface area contributed by atoms with Gasteiger partial charge in [-0.15, -0.1) is 0 Å². The van der Waals surface area contributed by atoms with Crippen LogP contribution < -0.4 is 11.3 Å². The van der Waals surface area contributed by atoms with Gasteiger partial charge >= 0.3 is 0 Å². The van der Waals surface area contributed by atoms with Gasteiger partial charge in [0.25, 0.3) is 0 Å². The van der Waals surface area contributed by atoms with Gasteiger partial charge in [-0.2, -0.15) is 0 Å². The minimum atomic E-state index is 0.128. The van der Waals surface area contributed by atoms with Gasteiger partial charge in [0.05, 0.1) is 0 Å². The first kappa shape index (κ1) is 15.0. The zero-order chi connectivity index (χ0) is 14.9. The van der Waals surface area contributed by atoms with Crippen molar-refractivity contribution in [3.63, 3.8) is 0 Å². The maximum absolute atomic E-state index is 5.97. The molecule has 0 spiro atoms. The standard InChI is InChI=1S/C18H29N3/c1-18(2,21-11-7-4-8-12-21)17(20-19)16-13-15(16)14-9-5-3-6-10-14/h3,5-6,9-10,15-17,20H,4,7-8,11-13,19H2,1-2H3. The third-order valence-corrected chi connectivity index (χ3v) is 5.61. The second kappa shape index (κ2) is 6.07. The molecule has 3 N–H and O–H groups in total. The van der Waals surface area contributed by atoms with Crippen molar-refractivity contribution in [1.82, 2.24) is 10.3 Å². The molecule has 116 valence electrons. The molecule has 1 aromatic carbocycles. The first-order valence-corrected chi connectivity index (χ1v) is 8.40. The quantitative estimate of drug-likeness (QED) is 0.646. The Kier molecular flexibility index (Phi) is 4.34. The van der Waals surface area contributed by atoms with Crippen molar-refractivity contribution in [3.8, 4) is 0 Å². The number of nitrogens with two attached hydrogens (primary N) is 1. The predicted molar refractivity (Wildman–Crippen MR) is 87.9 cm³/mol. The molecule has 1 aromatic rings. The molecule has 3 heteroatoms. The zero-order valence-corrected chi connectivity index (χ0v) is 13.4. The minimum absolute atomic E-state index is 0.128. The number of nitrogens with one attached hydrogen (secondary N) is 1. The lowest BCUT2D eigenvalue weighted by Gasteiger charge is -2.46. The summed E-state index contributed by atoms with van der Waals surface area (Å²) in [6.45, 7) is 7.16. The molecular weight excluding hydrogens is 258 g/mol. The molecule has 1 saturated heterocycles. The normalized spacial score (nSPS) is 28.3. The summed E-state index contributed by atoms with van der Waals surface area (Å²) in [7, 11) is 0. The van der Waals surface area contributed by atoms with Crippen molar-refractivity contribution < 1.29 is 0 Å². The van der Waals surface area contributed by atoms with Gasteiger partial charge < -0.3 is 0 Å². The summed E-state index contributed by atoms with van der Waals surface area (Å²) in [4.78, 5) is 2.64. The van der Waals surface area contributed by atoms with E-state index in [4.69, 9.17) is 5.84 Å². The summed E-state index contributed by atoms with van der Waals surface area (Å²) in [5.41, 5.74) is 4.76. The first-order chi connectivity index (χ1) is 10.1. The molecule has 1 saturated carbocycles. The van der Waals surface area contributed by atoms with E-state index in [9.17, 15) is 0 Å². The molecule has 0 aromatic heterocycles. The van der Waals surface area contributed by atoms with Crippen LogP contribution >= 0.6 is 0 Å². The number of hydrazine groups is 1. The second-order valence-electron chi connectivity index (χ2n) is 7.26. The van der Waals surface area contributed by atoms with Crippen LogP contribution in [0.4, 0.5) is 0 Å². The molecule has 3 atom stereocenters. The van der Waals surface area contributed by atoms with Crippen LogP contribution in [0.3, 0.4) is 0 Å². The molecule has 1 aliphatic carbocycles. The SMILES string of the molecule is CC(C)(C(NN)C1CC1c1ccccc1)N1CCCCC1. The lowest BCUT2D eigenvalue weighted by Crippen LogP contribution is -2.61. The molecule has 3 rings (SSSR count). The van der Waals surface area contributed by atoms with Crippen molar-refractivity contribution in [1.29, 1.82) is 0 Å². The van der Waals surface area contributed by atoms with E-state index in [-0.39, 0.29) is 5.54 Å². The van der Waals surface area contributed by atoms with Gasteiger partial charge in [0, 0.05) is 11.6 Å². The van der Waals surface area contributed by atoms with E-state index in [1.165, 1.54) is 44.3 Å². The Bertz CT molecular complexity index is 451. The smallest absolute Gasteiger partial charge is 0.0423 e. The number of likely N-dealkylation sites (tertiary alicyclic amines) is 1. The highest BCUT2D eigenvalue weighted by Gasteiger charge is 2.50. The Balaban J connectivity index is 1.70. The van der Waals surface area contributed by atoms with E-state index in [0.29, 0.717) is 17.9 Å². The van der Waals surface area contributed by atoms with Crippen LogP contribution in [-0.2, 0) is 0 Å². The Morgan fingerprint density at radius 3 is 2.43 bits per heavy atom. The molecule has 3 unspecified atom stereocenters. The molecule has 0 radical (unpaired) electrons. The van der Waals surface area contributed by atoms with Crippen LogP contribution in [-0.4, -0.2) is 29.6 Å². The molecule has 2 aliphatic rings. The van der Waals surface area contributed by atoms with Crippen molar-refractivity contribution in [2.45, 2.75) is 57.0 Å². The molecule has 1 aliphatic heterocycles. The average molecular weight is 287 g/mol. The highest BCUT2D eigenvalue weighted by Crippen LogP contribution is 2.52. The number of hydrogen-bond donors (Lipinski definition) is 2. The van der Waals surface area contributed by atoms with Crippen LogP contribution in [0.5, 0.6) is 0 Å². The van der Waals surface area contributed by atoms with Gasteiger partial charge in [-0.3, -0.25) is 16.2 Å². The fraction of sp³-hybridized carbons (Fsp3) is 0.667. The largest absolute Gasteiger partial charge is 0.297 e. The van der Waals surface area contributed by atoms with E-state index in [1.54, 1.807) is 0 Å². The van der Waals surface area contributed by atoms with E-state index in [0.717, 1.165) is 0 Å². The van der Waals surface area contributed by atoms with Crippen molar-refractivity contribution in [3.05, 3.63) is 35.9 Å². The van der Waals surface area contributed by atoms with Gasteiger partial charge in [0.1, 0.15) is 0 Å². The Morgan fingerprint density at radius 1 is 1.14 bits per heavy atom. The van der Waals surface area contributed by atoms with Gasteiger partial charge in [-0.25, -0.2) is 0 Å². The lowest BCUT2D eigenvalue weighted by molar-refractivity contribution is 0.0531. The monoisotopic (exact) mass is 287 g/mol. The van der Waals surface area contributed by atoms with Crippen molar-refractivity contribution in [2.75, 3.05) is 13.1 Å². The van der Waals surface area contributed by atoms with E-state index in [1.807, 2.05) is 0 Å². The lowest BCUT2D eigenvalue weighted by atomic mass is 9.86. The summed E-state index contributed by atoms with van der Waals surface area (Å²) in [6, 6.07) is 11.3. The van der Waals surface area contributed by atoms with Crippen LogP contribution in [0, 0.1) is 5.92 Å². The maximum atomic E-state index is 5.97. The fourth-order valence-corrected chi connectivity index (χ4v) is 4.18. The van der Waals surface area contributed by atoms with Crippen molar-refractivity contribution >= 4 is 0 Å². The van der Waals surface area contributed by atoms with Crippen LogP contribution in [0.1, 0.15) is 51.0 Å². The van der Waals surface area contributed by atoms with Crippen LogP contribution in [0.15, 0.2) is 30.3 Å². The maximum Gasteiger partial charge on any atom is 0.0423 e. The molecule has 3 nitrogen and oxygen atoms in total. The highest BCUT2D eigenvalue weighted by molar-refractivity contribution is 5.27. The zero-order valence-electron chi connectivity index (χ0n) is 13.4. The molecule has 2 fully saturated rings. The second-order valence-corrected chi connectivity index (χ2v) is 7.26. The summed E-state index contributed by atoms with van der Waals surface area (Å²) >= 11 is 0. The molecule has 0 bridgehead atoms. The first-order valence-electron chi connectivity index (χ1n) is 8.40. The third-order valence-electron chi connectivity index (χ3n) is 5.61. The molecular formula is C18H29N3. The highest BCUT2D eigenvalue weighted by atomic mass is 15.3. The fourth-order valence-electron chi connectivity index (χ4n) is 4.18. The van der Waals surface area contributed by atoms with Gasteiger partial charge in [0.15, 0.2) is 0 Å². The number of nitrogens with zero attached hydrogens (tertiary/aromatic N) is 1. The molecule has 0 amide bonds. The van der Waals surface area contributed by atoms with Gasteiger partial charge in [0.2, 0.25) is 0 Å². The topological polar surface area (TPSA) is 41.3 Å². The van der Waals surface area contributed by atoms with Gasteiger partial charge in [-0.1, -0.05) is 36.8 Å². The summed E-state index contributed by atoms with van der Waals surface area (Å²) in [6.07, 6.45) is 5.29. The van der Waals surface area contributed by atoms with E-state index < -0.39 is 0 Å². The van der Waals surface area contributed by atoms with Crippen molar-refractivity contribution in [2.24, 2.45) is 11.8 Å². The average Bonchev–Trinajstić information content (AvgIpc) is 3.30. The predicted octanol–water partition coefficient (Wildman–Crippen LogP) is 2.89. The number of piperidine rings is 1. The molecule has 1 heterocycles. The van der Waals surface area contributed by atoms with E-state index >= 15 is 0 Å². The Morgan fingerprint density at radius 2 is 1.81 bits per heavy atom. The minimum Gasteiger partial charge on any atom is -0.297 e. The van der Waals surface area contributed by atoms with E-state index in [2.05, 4.69) is 54.5 Å². The summed E-state index contributed by atoms with van der Waals surface area (Å²) in [5, 5.41) is 0.